The topological polar surface area (TPSA) is 77.6 Å². The van der Waals surface area contributed by atoms with Gasteiger partial charge in [-0.2, -0.15) is 5.10 Å². The molecule has 0 aliphatic rings. The van der Waals surface area contributed by atoms with Gasteiger partial charge in [-0.3, -0.25) is 9.48 Å². The van der Waals surface area contributed by atoms with Crippen molar-refractivity contribution in [2.24, 2.45) is 7.05 Å². The highest BCUT2D eigenvalue weighted by Gasteiger charge is 2.18. The minimum absolute atomic E-state index is 0.121. The molecular formula is C16H18N6O. The zero-order valence-corrected chi connectivity index (χ0v) is 12.8. The fourth-order valence-electron chi connectivity index (χ4n) is 2.42. The molecule has 0 fully saturated rings. The van der Waals surface area contributed by atoms with Gasteiger partial charge in [0.05, 0.1) is 6.04 Å². The first-order valence-electron chi connectivity index (χ1n) is 7.39. The molecular weight excluding hydrogens is 292 g/mol. The minimum atomic E-state index is -0.190. The summed E-state index contributed by atoms with van der Waals surface area (Å²) in [6.07, 6.45) is 7.25. The second-order valence-electron chi connectivity index (χ2n) is 5.25. The summed E-state index contributed by atoms with van der Waals surface area (Å²) in [6, 6.07) is 9.77. The van der Waals surface area contributed by atoms with E-state index in [1.807, 2.05) is 30.3 Å². The summed E-state index contributed by atoms with van der Waals surface area (Å²) in [5.41, 5.74) is 1.05. The average molecular weight is 310 g/mol. The Morgan fingerprint density at radius 1 is 1.30 bits per heavy atom. The number of rotatable bonds is 6. The predicted octanol–water partition coefficient (Wildman–Crippen LogP) is 1.57. The van der Waals surface area contributed by atoms with Crippen LogP contribution in [0.5, 0.6) is 0 Å². The number of nitrogens with zero attached hydrogens (tertiary/aromatic N) is 5. The van der Waals surface area contributed by atoms with Crippen LogP contribution < -0.4 is 5.32 Å². The molecule has 1 N–H and O–H groups in total. The van der Waals surface area contributed by atoms with Crippen molar-refractivity contribution in [1.29, 1.82) is 0 Å². The number of aromatic nitrogens is 5. The lowest BCUT2D eigenvalue weighted by atomic mass is 10.0. The van der Waals surface area contributed by atoms with Gasteiger partial charge in [0.2, 0.25) is 0 Å². The van der Waals surface area contributed by atoms with Gasteiger partial charge in [0.15, 0.2) is 5.82 Å². The lowest BCUT2D eigenvalue weighted by Gasteiger charge is -2.19. The van der Waals surface area contributed by atoms with Crippen molar-refractivity contribution in [3.63, 3.8) is 0 Å². The van der Waals surface area contributed by atoms with E-state index in [4.69, 9.17) is 0 Å². The Hall–Kier alpha value is -2.96. The van der Waals surface area contributed by atoms with E-state index in [0.717, 1.165) is 5.56 Å². The van der Waals surface area contributed by atoms with Crippen LogP contribution in [0.15, 0.2) is 55.4 Å². The van der Waals surface area contributed by atoms with Crippen LogP contribution in [0.3, 0.4) is 0 Å². The molecule has 0 bridgehead atoms. The van der Waals surface area contributed by atoms with Crippen LogP contribution in [0.25, 0.3) is 0 Å². The Morgan fingerprint density at radius 2 is 2.13 bits per heavy atom. The number of nitrogens with one attached hydrogen (secondary N) is 1. The number of hydrogen-bond acceptors (Lipinski definition) is 4. The van der Waals surface area contributed by atoms with Crippen LogP contribution in [0.1, 0.15) is 28.6 Å². The van der Waals surface area contributed by atoms with Gasteiger partial charge in [0, 0.05) is 26.0 Å². The Morgan fingerprint density at radius 3 is 2.78 bits per heavy atom. The number of amides is 1. The van der Waals surface area contributed by atoms with E-state index < -0.39 is 0 Å². The van der Waals surface area contributed by atoms with E-state index in [2.05, 4.69) is 20.4 Å². The molecule has 1 unspecified atom stereocenters. The molecule has 2 heterocycles. The van der Waals surface area contributed by atoms with Crippen molar-refractivity contribution in [1.82, 2.24) is 29.6 Å². The fourth-order valence-corrected chi connectivity index (χ4v) is 2.42. The highest BCUT2D eigenvalue weighted by molar-refractivity contribution is 5.91. The van der Waals surface area contributed by atoms with Crippen molar-refractivity contribution in [2.45, 2.75) is 19.0 Å². The number of benzene rings is 1. The first-order chi connectivity index (χ1) is 11.2. The molecule has 3 aromatic rings. The van der Waals surface area contributed by atoms with Crippen molar-refractivity contribution in [3.8, 4) is 0 Å². The molecule has 7 heteroatoms. The average Bonchev–Trinajstić information content (AvgIpc) is 3.23. The summed E-state index contributed by atoms with van der Waals surface area (Å²) < 4.78 is 3.46. The normalized spacial score (nSPS) is 12.0. The minimum Gasteiger partial charge on any atom is -0.343 e. The number of hydrogen-bond donors (Lipinski definition) is 1. The largest absolute Gasteiger partial charge is 0.343 e. The molecule has 0 radical (unpaired) electrons. The van der Waals surface area contributed by atoms with Gasteiger partial charge < -0.3 is 9.88 Å². The van der Waals surface area contributed by atoms with E-state index in [-0.39, 0.29) is 11.9 Å². The van der Waals surface area contributed by atoms with E-state index in [1.165, 1.54) is 6.33 Å². The molecule has 0 saturated heterocycles. The first-order valence-corrected chi connectivity index (χ1v) is 7.39. The van der Waals surface area contributed by atoms with Gasteiger partial charge in [-0.1, -0.05) is 30.3 Å². The van der Waals surface area contributed by atoms with E-state index >= 15 is 0 Å². The van der Waals surface area contributed by atoms with E-state index in [1.54, 1.807) is 35.0 Å². The van der Waals surface area contributed by atoms with Gasteiger partial charge in [-0.25, -0.2) is 9.97 Å². The standard InChI is InChI=1S/C16H18N6O/c1-21-10-8-18-15(21)16(23)20-14(13-5-3-2-4-6-13)7-9-22-12-17-11-19-22/h2-6,8,10-12,14H,7,9H2,1H3,(H,20,23). The van der Waals surface area contributed by atoms with Gasteiger partial charge >= 0.3 is 0 Å². The maximum atomic E-state index is 12.4. The molecule has 3 rings (SSSR count). The smallest absolute Gasteiger partial charge is 0.287 e. The third kappa shape index (κ3) is 3.63. The van der Waals surface area contributed by atoms with Crippen LogP contribution in [-0.4, -0.2) is 30.2 Å². The van der Waals surface area contributed by atoms with Gasteiger partial charge in [-0.05, 0) is 12.0 Å². The van der Waals surface area contributed by atoms with Crippen molar-refractivity contribution >= 4 is 5.91 Å². The Kier molecular flexibility index (Phi) is 4.46. The quantitative estimate of drug-likeness (QED) is 0.750. The molecule has 1 aromatic carbocycles. The third-order valence-corrected chi connectivity index (χ3v) is 3.64. The summed E-state index contributed by atoms with van der Waals surface area (Å²) >= 11 is 0. The fraction of sp³-hybridized carbons (Fsp3) is 0.250. The molecule has 0 spiro atoms. The summed E-state index contributed by atoms with van der Waals surface area (Å²) in [5, 5.41) is 7.16. The first kappa shape index (κ1) is 15.0. The molecule has 0 aliphatic carbocycles. The summed E-state index contributed by atoms with van der Waals surface area (Å²) in [4.78, 5) is 20.5. The lowest BCUT2D eigenvalue weighted by molar-refractivity contribution is 0.0919. The SMILES string of the molecule is Cn1ccnc1C(=O)NC(CCn1cncn1)c1ccccc1. The Bertz CT molecular complexity index is 750. The van der Waals surface area contributed by atoms with Crippen LogP contribution in [0.4, 0.5) is 0 Å². The molecule has 23 heavy (non-hydrogen) atoms. The number of carbonyl (C=O) groups is 1. The number of carbonyl (C=O) groups excluding carboxylic acids is 1. The Labute approximate surface area is 134 Å². The van der Waals surface area contributed by atoms with E-state index in [0.29, 0.717) is 18.8 Å². The van der Waals surface area contributed by atoms with Crippen molar-refractivity contribution in [2.75, 3.05) is 0 Å². The molecule has 1 atom stereocenters. The number of aryl methyl sites for hydroxylation is 2. The van der Waals surface area contributed by atoms with Crippen LogP contribution >= 0.6 is 0 Å². The van der Waals surface area contributed by atoms with Gasteiger partial charge in [-0.15, -0.1) is 0 Å². The molecule has 118 valence electrons. The predicted molar refractivity (Wildman–Crippen MR) is 84.5 cm³/mol. The number of imidazole rings is 1. The van der Waals surface area contributed by atoms with Gasteiger partial charge in [0.25, 0.3) is 5.91 Å². The highest BCUT2D eigenvalue weighted by Crippen LogP contribution is 2.18. The molecule has 0 aliphatic heterocycles. The van der Waals surface area contributed by atoms with E-state index in [9.17, 15) is 4.79 Å². The third-order valence-electron chi connectivity index (χ3n) is 3.64. The molecule has 1 amide bonds. The zero-order chi connectivity index (χ0) is 16.1. The van der Waals surface area contributed by atoms with Crippen LogP contribution in [0.2, 0.25) is 0 Å². The second-order valence-corrected chi connectivity index (χ2v) is 5.25. The maximum absolute atomic E-state index is 12.4. The lowest BCUT2D eigenvalue weighted by Crippen LogP contribution is -2.31. The summed E-state index contributed by atoms with van der Waals surface area (Å²) in [5.74, 6) is 0.205. The van der Waals surface area contributed by atoms with Gasteiger partial charge in [0.1, 0.15) is 12.7 Å². The maximum Gasteiger partial charge on any atom is 0.287 e. The molecule has 0 saturated carbocycles. The second kappa shape index (κ2) is 6.87. The van der Waals surface area contributed by atoms with Crippen molar-refractivity contribution in [3.05, 3.63) is 66.8 Å². The Balaban J connectivity index is 1.75. The summed E-state index contributed by atoms with van der Waals surface area (Å²) in [6.45, 7) is 0.667. The van der Waals surface area contributed by atoms with Crippen LogP contribution in [-0.2, 0) is 13.6 Å². The zero-order valence-electron chi connectivity index (χ0n) is 12.8. The monoisotopic (exact) mass is 310 g/mol. The highest BCUT2D eigenvalue weighted by atomic mass is 16.2. The molecule has 7 nitrogen and oxygen atoms in total. The summed E-state index contributed by atoms with van der Waals surface area (Å²) in [7, 11) is 1.80. The molecule has 2 aromatic heterocycles. The van der Waals surface area contributed by atoms with Crippen LogP contribution in [0, 0.1) is 0 Å². The van der Waals surface area contributed by atoms with Crippen molar-refractivity contribution < 1.29 is 4.79 Å².